The maximum atomic E-state index is 6.30. The summed E-state index contributed by atoms with van der Waals surface area (Å²) in [6.45, 7) is 4.20. The van der Waals surface area contributed by atoms with E-state index in [1.54, 1.807) is 6.07 Å². The number of benzene rings is 2. The lowest BCUT2D eigenvalue weighted by Gasteiger charge is -2.21. The highest BCUT2D eigenvalue weighted by Gasteiger charge is 2.14. The highest BCUT2D eigenvalue weighted by Crippen LogP contribution is 2.33. The molecule has 0 aromatic heterocycles. The number of anilines is 1. The Hall–Kier alpha value is -0.700. The van der Waals surface area contributed by atoms with Gasteiger partial charge in [0.15, 0.2) is 0 Å². The first-order valence-electron chi connectivity index (χ1n) is 6.49. The summed E-state index contributed by atoms with van der Waals surface area (Å²) in [5.41, 5.74) is 3.35. The molecule has 0 saturated carbocycles. The Morgan fingerprint density at radius 2 is 1.90 bits per heavy atom. The topological polar surface area (TPSA) is 12.0 Å². The Kier molecular flexibility index (Phi) is 5.36. The molecule has 0 fully saturated rings. The molecule has 0 bridgehead atoms. The summed E-state index contributed by atoms with van der Waals surface area (Å²) in [4.78, 5) is 0. The molecule has 2 rings (SSSR count). The van der Waals surface area contributed by atoms with Gasteiger partial charge in [-0.15, -0.1) is 0 Å². The molecule has 106 valence electrons. The van der Waals surface area contributed by atoms with Crippen molar-refractivity contribution in [1.29, 1.82) is 0 Å². The van der Waals surface area contributed by atoms with E-state index in [0.29, 0.717) is 10.0 Å². The number of aryl methyl sites for hydroxylation is 1. The van der Waals surface area contributed by atoms with E-state index in [-0.39, 0.29) is 6.04 Å². The van der Waals surface area contributed by atoms with E-state index >= 15 is 0 Å². The lowest BCUT2D eigenvalue weighted by atomic mass is 10.0. The van der Waals surface area contributed by atoms with Gasteiger partial charge >= 0.3 is 0 Å². The number of rotatable bonds is 4. The van der Waals surface area contributed by atoms with Gasteiger partial charge < -0.3 is 5.32 Å². The molecule has 1 unspecified atom stereocenters. The zero-order chi connectivity index (χ0) is 14.7. The minimum Gasteiger partial charge on any atom is -0.377 e. The van der Waals surface area contributed by atoms with Crippen molar-refractivity contribution in [1.82, 2.24) is 0 Å². The molecule has 0 aliphatic rings. The van der Waals surface area contributed by atoms with Crippen LogP contribution in [0.4, 0.5) is 5.69 Å². The molecule has 4 heteroatoms. The Balaban J connectivity index is 2.28. The summed E-state index contributed by atoms with van der Waals surface area (Å²) in [5, 5.41) is 4.88. The Morgan fingerprint density at radius 3 is 2.50 bits per heavy atom. The number of halogens is 3. The van der Waals surface area contributed by atoms with Gasteiger partial charge in [-0.1, -0.05) is 42.3 Å². The molecule has 0 aliphatic heterocycles. The fourth-order valence-corrected chi connectivity index (χ4v) is 3.26. The minimum absolute atomic E-state index is 0.152. The molecule has 0 heterocycles. The van der Waals surface area contributed by atoms with Crippen molar-refractivity contribution >= 4 is 44.8 Å². The van der Waals surface area contributed by atoms with E-state index in [0.717, 1.165) is 22.1 Å². The smallest absolute Gasteiger partial charge is 0.0526 e. The van der Waals surface area contributed by atoms with Crippen LogP contribution in [0.2, 0.25) is 10.0 Å². The molecular weight excluding hydrogens is 357 g/mol. The summed E-state index contributed by atoms with van der Waals surface area (Å²) < 4.78 is 1.06. The third kappa shape index (κ3) is 3.69. The normalized spacial score (nSPS) is 12.2. The first-order valence-corrected chi connectivity index (χ1v) is 8.03. The second-order valence-electron chi connectivity index (χ2n) is 4.75. The SMILES string of the molecule is CCC(Nc1ccc(C)cc1Br)c1ccc(Cl)cc1Cl. The second kappa shape index (κ2) is 6.84. The van der Waals surface area contributed by atoms with Gasteiger partial charge in [0, 0.05) is 20.2 Å². The molecule has 0 radical (unpaired) electrons. The lowest BCUT2D eigenvalue weighted by Crippen LogP contribution is -2.10. The van der Waals surface area contributed by atoms with Crippen LogP contribution in [-0.4, -0.2) is 0 Å². The zero-order valence-electron chi connectivity index (χ0n) is 11.4. The van der Waals surface area contributed by atoms with Crippen molar-refractivity contribution in [3.63, 3.8) is 0 Å². The van der Waals surface area contributed by atoms with E-state index in [9.17, 15) is 0 Å². The second-order valence-corrected chi connectivity index (χ2v) is 6.45. The van der Waals surface area contributed by atoms with Gasteiger partial charge in [0.05, 0.1) is 6.04 Å². The van der Waals surface area contributed by atoms with E-state index in [1.807, 2.05) is 12.1 Å². The largest absolute Gasteiger partial charge is 0.377 e. The van der Waals surface area contributed by atoms with E-state index in [2.05, 4.69) is 53.3 Å². The average Bonchev–Trinajstić information content (AvgIpc) is 2.39. The van der Waals surface area contributed by atoms with Gasteiger partial charge in [-0.25, -0.2) is 0 Å². The summed E-state index contributed by atoms with van der Waals surface area (Å²) in [7, 11) is 0. The van der Waals surface area contributed by atoms with Gasteiger partial charge in [-0.3, -0.25) is 0 Å². The summed E-state index contributed by atoms with van der Waals surface area (Å²) >= 11 is 15.8. The average molecular weight is 373 g/mol. The fourth-order valence-electron chi connectivity index (χ4n) is 2.11. The van der Waals surface area contributed by atoms with Gasteiger partial charge in [0.25, 0.3) is 0 Å². The van der Waals surface area contributed by atoms with Gasteiger partial charge in [0.2, 0.25) is 0 Å². The van der Waals surface area contributed by atoms with E-state index in [1.165, 1.54) is 5.56 Å². The van der Waals surface area contributed by atoms with Gasteiger partial charge in [-0.05, 0) is 64.7 Å². The quantitative estimate of drug-likeness (QED) is 0.635. The molecule has 1 nitrogen and oxygen atoms in total. The predicted octanol–water partition coefficient (Wildman–Crippen LogP) is 6.63. The van der Waals surface area contributed by atoms with Crippen LogP contribution in [0.25, 0.3) is 0 Å². The van der Waals surface area contributed by atoms with Crippen LogP contribution >= 0.6 is 39.1 Å². The van der Waals surface area contributed by atoms with Crippen molar-refractivity contribution in [2.24, 2.45) is 0 Å². The monoisotopic (exact) mass is 371 g/mol. The predicted molar refractivity (Wildman–Crippen MR) is 92.0 cm³/mol. The Labute approximate surface area is 138 Å². The molecule has 20 heavy (non-hydrogen) atoms. The number of nitrogens with one attached hydrogen (secondary N) is 1. The van der Waals surface area contributed by atoms with Crippen LogP contribution in [-0.2, 0) is 0 Å². The van der Waals surface area contributed by atoms with E-state index in [4.69, 9.17) is 23.2 Å². The van der Waals surface area contributed by atoms with Crippen molar-refractivity contribution in [2.45, 2.75) is 26.3 Å². The standard InChI is InChI=1S/C16H16BrCl2N/c1-3-15(12-6-5-11(18)9-14(12)19)20-16-7-4-10(2)8-13(16)17/h4-9,15,20H,3H2,1-2H3. The summed E-state index contributed by atoms with van der Waals surface area (Å²) in [5.74, 6) is 0. The Morgan fingerprint density at radius 1 is 1.15 bits per heavy atom. The van der Waals surface area contributed by atoms with Crippen LogP contribution in [0.3, 0.4) is 0 Å². The van der Waals surface area contributed by atoms with Crippen LogP contribution in [0, 0.1) is 6.92 Å². The zero-order valence-corrected chi connectivity index (χ0v) is 14.5. The van der Waals surface area contributed by atoms with Gasteiger partial charge in [-0.2, -0.15) is 0 Å². The molecule has 0 spiro atoms. The Bertz CT molecular complexity index is 613. The van der Waals surface area contributed by atoms with Crippen molar-refractivity contribution in [3.8, 4) is 0 Å². The van der Waals surface area contributed by atoms with Crippen LogP contribution in [0.1, 0.15) is 30.5 Å². The van der Waals surface area contributed by atoms with Gasteiger partial charge in [0.1, 0.15) is 0 Å². The third-order valence-corrected chi connectivity index (χ3v) is 4.42. The molecule has 0 saturated heterocycles. The van der Waals surface area contributed by atoms with Crippen molar-refractivity contribution in [3.05, 3.63) is 62.0 Å². The van der Waals surface area contributed by atoms with Crippen molar-refractivity contribution < 1.29 is 0 Å². The number of hydrogen-bond acceptors (Lipinski definition) is 1. The van der Waals surface area contributed by atoms with Crippen molar-refractivity contribution in [2.75, 3.05) is 5.32 Å². The number of hydrogen-bond donors (Lipinski definition) is 1. The maximum absolute atomic E-state index is 6.30. The lowest BCUT2D eigenvalue weighted by molar-refractivity contribution is 0.749. The van der Waals surface area contributed by atoms with Crippen LogP contribution in [0.15, 0.2) is 40.9 Å². The molecule has 1 atom stereocenters. The highest BCUT2D eigenvalue weighted by molar-refractivity contribution is 9.10. The first kappa shape index (κ1) is 15.7. The molecule has 0 amide bonds. The van der Waals surface area contributed by atoms with Crippen LogP contribution < -0.4 is 5.32 Å². The first-order chi connectivity index (χ1) is 9.51. The molecule has 2 aromatic carbocycles. The maximum Gasteiger partial charge on any atom is 0.0526 e. The van der Waals surface area contributed by atoms with Crippen LogP contribution in [0.5, 0.6) is 0 Å². The molecule has 1 N–H and O–H groups in total. The molecule has 0 aliphatic carbocycles. The molecular formula is C16H16BrCl2N. The fraction of sp³-hybridized carbons (Fsp3) is 0.250. The molecule has 2 aromatic rings. The third-order valence-electron chi connectivity index (χ3n) is 3.20. The minimum atomic E-state index is 0.152. The summed E-state index contributed by atoms with van der Waals surface area (Å²) in [6, 6.07) is 12.0. The van der Waals surface area contributed by atoms with E-state index < -0.39 is 0 Å². The summed E-state index contributed by atoms with van der Waals surface area (Å²) in [6.07, 6.45) is 0.932. The highest BCUT2D eigenvalue weighted by atomic mass is 79.9.